The zero-order chi connectivity index (χ0) is 21.6. The Bertz CT molecular complexity index is 1360. The molecule has 0 saturated carbocycles. The molecule has 0 atom stereocenters. The maximum absolute atomic E-state index is 13.5. The number of H-pyrrole nitrogens is 1. The number of nitriles is 1. The Hall–Kier alpha value is -4.57. The van der Waals surface area contributed by atoms with Crippen LogP contribution in [-0.4, -0.2) is 16.2 Å². The van der Waals surface area contributed by atoms with E-state index in [4.69, 9.17) is 0 Å². The zero-order valence-corrected chi connectivity index (χ0v) is 16.2. The highest BCUT2D eigenvalue weighted by molar-refractivity contribution is 5.83. The summed E-state index contributed by atoms with van der Waals surface area (Å²) < 4.78 is 13.5. The normalized spacial score (nSPS) is 10.7. The summed E-state index contributed by atoms with van der Waals surface area (Å²) in [7, 11) is 0. The molecule has 0 radical (unpaired) electrons. The van der Waals surface area contributed by atoms with Gasteiger partial charge in [-0.25, -0.2) is 14.8 Å². The number of nitrogens with zero attached hydrogens (tertiary/aromatic N) is 3. The van der Waals surface area contributed by atoms with Crippen LogP contribution in [0.15, 0.2) is 88.8 Å². The second-order valence-corrected chi connectivity index (χ2v) is 6.62. The Balaban J connectivity index is 1.59. The van der Waals surface area contributed by atoms with E-state index >= 15 is 0 Å². The Morgan fingerprint density at radius 3 is 2.42 bits per heavy atom. The summed E-state index contributed by atoms with van der Waals surface area (Å²) in [5, 5.41) is 13.5. The van der Waals surface area contributed by atoms with E-state index in [9.17, 15) is 14.4 Å². The van der Waals surface area contributed by atoms with Crippen LogP contribution in [0.25, 0.3) is 22.4 Å². The molecule has 6 nitrogen and oxygen atoms in total. The molecule has 0 aliphatic carbocycles. The molecule has 0 unspecified atom stereocenters. The van der Waals surface area contributed by atoms with Crippen molar-refractivity contribution in [3.63, 3.8) is 0 Å². The lowest BCUT2D eigenvalue weighted by molar-refractivity contribution is 0.628. The van der Waals surface area contributed by atoms with Gasteiger partial charge in [-0.3, -0.25) is 9.78 Å². The third-order valence-corrected chi connectivity index (χ3v) is 4.51. The van der Waals surface area contributed by atoms with E-state index in [0.29, 0.717) is 5.56 Å². The maximum Gasteiger partial charge on any atom is 0.270 e. The number of aromatic amines is 1. The van der Waals surface area contributed by atoms with Crippen molar-refractivity contribution >= 4 is 12.2 Å². The number of anilines is 1. The van der Waals surface area contributed by atoms with Crippen LogP contribution in [0.1, 0.15) is 11.1 Å². The van der Waals surface area contributed by atoms with Gasteiger partial charge in [0, 0.05) is 5.56 Å². The van der Waals surface area contributed by atoms with Crippen LogP contribution in [0, 0.1) is 17.1 Å². The molecule has 7 heteroatoms. The molecule has 1 aromatic heterocycles. The van der Waals surface area contributed by atoms with E-state index < -0.39 is 5.56 Å². The fraction of sp³-hybridized carbons (Fsp3) is 0. The van der Waals surface area contributed by atoms with E-state index in [0.717, 1.165) is 16.7 Å². The summed E-state index contributed by atoms with van der Waals surface area (Å²) >= 11 is 0. The number of rotatable bonds is 5. The SMILES string of the molecule is N#Cc1c(-c2ccccc2)nc(NN=Cc2cccc(-c3cccc(F)c3)c2)[nH]c1=O. The lowest BCUT2D eigenvalue weighted by atomic mass is 10.0. The summed E-state index contributed by atoms with van der Waals surface area (Å²) in [5.74, 6) is -0.191. The molecule has 0 bridgehead atoms. The van der Waals surface area contributed by atoms with E-state index in [2.05, 4.69) is 20.5 Å². The average molecular weight is 409 g/mol. The number of benzene rings is 3. The topological polar surface area (TPSA) is 93.9 Å². The summed E-state index contributed by atoms with van der Waals surface area (Å²) in [6, 6.07) is 24.7. The smallest absolute Gasteiger partial charge is 0.270 e. The van der Waals surface area contributed by atoms with Gasteiger partial charge in [-0.15, -0.1) is 0 Å². The first kappa shape index (κ1) is 19.7. The van der Waals surface area contributed by atoms with Crippen molar-refractivity contribution in [2.75, 3.05) is 5.43 Å². The van der Waals surface area contributed by atoms with Gasteiger partial charge in [0.2, 0.25) is 5.95 Å². The van der Waals surface area contributed by atoms with Gasteiger partial charge in [-0.05, 0) is 34.9 Å². The average Bonchev–Trinajstić information content (AvgIpc) is 2.79. The molecule has 0 spiro atoms. The minimum atomic E-state index is -0.554. The predicted octanol–water partition coefficient (Wildman–Crippen LogP) is 4.56. The van der Waals surface area contributed by atoms with E-state index in [1.807, 2.05) is 42.5 Å². The monoisotopic (exact) mass is 409 g/mol. The lowest BCUT2D eigenvalue weighted by Crippen LogP contribution is -2.16. The molecule has 3 aromatic carbocycles. The number of hydrogen-bond acceptors (Lipinski definition) is 5. The van der Waals surface area contributed by atoms with E-state index in [-0.39, 0.29) is 23.0 Å². The molecule has 4 rings (SSSR count). The van der Waals surface area contributed by atoms with E-state index in [1.165, 1.54) is 12.1 Å². The van der Waals surface area contributed by atoms with Crippen molar-refractivity contribution < 1.29 is 4.39 Å². The van der Waals surface area contributed by atoms with Crippen molar-refractivity contribution in [2.45, 2.75) is 0 Å². The first-order valence-electron chi connectivity index (χ1n) is 9.39. The number of aromatic nitrogens is 2. The first-order chi connectivity index (χ1) is 15.1. The van der Waals surface area contributed by atoms with Crippen molar-refractivity contribution in [2.24, 2.45) is 5.10 Å². The van der Waals surface area contributed by atoms with Crippen LogP contribution in [0.4, 0.5) is 10.3 Å². The van der Waals surface area contributed by atoms with Crippen LogP contribution in [0.3, 0.4) is 0 Å². The van der Waals surface area contributed by atoms with Gasteiger partial charge in [-0.2, -0.15) is 10.4 Å². The second kappa shape index (κ2) is 8.84. The molecule has 2 N–H and O–H groups in total. The van der Waals surface area contributed by atoms with Gasteiger partial charge in [0.1, 0.15) is 17.4 Å². The van der Waals surface area contributed by atoms with Crippen LogP contribution >= 0.6 is 0 Å². The maximum atomic E-state index is 13.5. The third-order valence-electron chi connectivity index (χ3n) is 4.51. The van der Waals surface area contributed by atoms with Crippen molar-refractivity contribution in [1.29, 1.82) is 5.26 Å². The van der Waals surface area contributed by atoms with Gasteiger partial charge in [0.05, 0.1) is 11.9 Å². The minimum absolute atomic E-state index is 0.0662. The Morgan fingerprint density at radius 1 is 0.968 bits per heavy atom. The zero-order valence-electron chi connectivity index (χ0n) is 16.2. The summed E-state index contributed by atoms with van der Waals surface area (Å²) in [6.07, 6.45) is 1.56. The van der Waals surface area contributed by atoms with Gasteiger partial charge in [-0.1, -0.05) is 60.7 Å². The highest BCUT2D eigenvalue weighted by Gasteiger charge is 2.12. The fourth-order valence-corrected chi connectivity index (χ4v) is 3.07. The molecule has 31 heavy (non-hydrogen) atoms. The summed E-state index contributed by atoms with van der Waals surface area (Å²) in [4.78, 5) is 19.1. The minimum Gasteiger partial charge on any atom is -0.290 e. The van der Waals surface area contributed by atoms with Crippen LogP contribution in [0.5, 0.6) is 0 Å². The van der Waals surface area contributed by atoms with Gasteiger partial charge >= 0.3 is 0 Å². The molecule has 1 heterocycles. The molecule has 0 saturated heterocycles. The molecule has 0 aliphatic rings. The highest BCUT2D eigenvalue weighted by atomic mass is 19.1. The number of hydrogen-bond donors (Lipinski definition) is 2. The molecule has 0 aliphatic heterocycles. The van der Waals surface area contributed by atoms with E-state index in [1.54, 1.807) is 36.5 Å². The summed E-state index contributed by atoms with van der Waals surface area (Å²) in [6.45, 7) is 0. The molecule has 0 amide bonds. The van der Waals surface area contributed by atoms with Crippen molar-refractivity contribution in [3.8, 4) is 28.5 Å². The number of hydrazone groups is 1. The first-order valence-corrected chi connectivity index (χ1v) is 9.39. The largest absolute Gasteiger partial charge is 0.290 e. The second-order valence-electron chi connectivity index (χ2n) is 6.62. The Kier molecular flexibility index (Phi) is 5.63. The van der Waals surface area contributed by atoms with Crippen LogP contribution < -0.4 is 11.0 Å². The van der Waals surface area contributed by atoms with Crippen LogP contribution in [0.2, 0.25) is 0 Å². The Morgan fingerprint density at radius 2 is 1.68 bits per heavy atom. The number of halogens is 1. The Labute approximate surface area is 177 Å². The van der Waals surface area contributed by atoms with Gasteiger partial charge < -0.3 is 0 Å². The van der Waals surface area contributed by atoms with Gasteiger partial charge in [0.15, 0.2) is 0 Å². The third kappa shape index (κ3) is 4.54. The predicted molar refractivity (Wildman–Crippen MR) is 118 cm³/mol. The standard InChI is InChI=1S/C24H16FN5O/c25-20-11-5-10-19(13-20)18-9-4-6-16(12-18)15-27-30-24-28-22(17-7-2-1-3-8-17)21(14-26)23(31)29-24/h1-13,15H,(H2,28,29,30,31). The van der Waals surface area contributed by atoms with Crippen molar-refractivity contribution in [1.82, 2.24) is 9.97 Å². The van der Waals surface area contributed by atoms with Crippen LogP contribution in [-0.2, 0) is 0 Å². The molecular formula is C24H16FN5O. The molecular weight excluding hydrogens is 393 g/mol. The van der Waals surface area contributed by atoms with Gasteiger partial charge in [0.25, 0.3) is 5.56 Å². The lowest BCUT2D eigenvalue weighted by Gasteiger charge is -2.06. The quantitative estimate of drug-likeness (QED) is 0.373. The molecule has 150 valence electrons. The highest BCUT2D eigenvalue weighted by Crippen LogP contribution is 2.21. The fourth-order valence-electron chi connectivity index (χ4n) is 3.07. The molecule has 4 aromatic rings. The van der Waals surface area contributed by atoms with Crippen molar-refractivity contribution in [3.05, 3.63) is 106 Å². The number of nitrogens with one attached hydrogen (secondary N) is 2. The molecule has 0 fully saturated rings. The summed E-state index contributed by atoms with van der Waals surface area (Å²) in [5.41, 5.74) is 5.38.